The van der Waals surface area contributed by atoms with E-state index in [2.05, 4.69) is 15.4 Å². The van der Waals surface area contributed by atoms with Crippen molar-refractivity contribution < 1.29 is 4.79 Å². The molecule has 1 amide bonds. The largest absolute Gasteiger partial charge is 0.352 e. The number of nitrogens with one attached hydrogen (secondary N) is 2. The fraction of sp³-hybridized carbons (Fsp3) is 0.533. The molecule has 24 heavy (non-hydrogen) atoms. The first-order valence-electron chi connectivity index (χ1n) is 7.39. The average molecular weight is 378 g/mol. The molecule has 0 aliphatic rings. The normalized spacial score (nSPS) is 11.5. The van der Waals surface area contributed by atoms with Gasteiger partial charge in [-0.15, -0.1) is 24.8 Å². The lowest BCUT2D eigenvalue weighted by molar-refractivity contribution is -0.121. The van der Waals surface area contributed by atoms with E-state index >= 15 is 0 Å². The number of pyridine rings is 1. The van der Waals surface area contributed by atoms with Crippen LogP contribution in [0, 0.1) is 13.8 Å². The summed E-state index contributed by atoms with van der Waals surface area (Å²) in [4.78, 5) is 28.4. The second-order valence-corrected chi connectivity index (χ2v) is 5.70. The first-order chi connectivity index (χ1) is 10.3. The average Bonchev–Trinajstić information content (AvgIpc) is 2.73. The number of hydrogen-bond donors (Lipinski definition) is 3. The molecular formula is C15H25Cl2N5O2. The van der Waals surface area contributed by atoms with Crippen LogP contribution >= 0.6 is 24.8 Å². The van der Waals surface area contributed by atoms with E-state index in [0.29, 0.717) is 30.4 Å². The Balaban J connectivity index is 0.00000264. The van der Waals surface area contributed by atoms with Gasteiger partial charge < -0.3 is 11.1 Å². The van der Waals surface area contributed by atoms with E-state index in [-0.39, 0.29) is 42.3 Å². The Kier molecular flexibility index (Phi) is 8.46. The zero-order valence-corrected chi connectivity index (χ0v) is 15.9. The Labute approximate surface area is 153 Å². The fourth-order valence-electron chi connectivity index (χ4n) is 2.66. The van der Waals surface area contributed by atoms with Crippen LogP contribution in [0.15, 0.2) is 4.79 Å². The van der Waals surface area contributed by atoms with Crippen LogP contribution < -0.4 is 16.6 Å². The molecule has 0 fully saturated rings. The summed E-state index contributed by atoms with van der Waals surface area (Å²) in [6, 6.07) is -0.0349. The molecule has 4 N–H and O–H groups in total. The van der Waals surface area contributed by atoms with E-state index in [1.165, 1.54) is 0 Å². The number of carbonyl (C=O) groups is 1. The molecule has 0 aliphatic heterocycles. The summed E-state index contributed by atoms with van der Waals surface area (Å²) in [6.45, 7) is 6.09. The molecule has 0 unspecified atom stereocenters. The minimum atomic E-state index is -0.148. The second-order valence-electron chi connectivity index (χ2n) is 5.70. The molecule has 2 aromatic heterocycles. The number of fused-ring (bicyclic) bond motifs is 1. The van der Waals surface area contributed by atoms with Crippen molar-refractivity contribution in [2.45, 2.75) is 39.7 Å². The van der Waals surface area contributed by atoms with Crippen molar-refractivity contribution in [2.24, 2.45) is 12.8 Å². The summed E-state index contributed by atoms with van der Waals surface area (Å²) in [7, 11) is 1.76. The van der Waals surface area contributed by atoms with Gasteiger partial charge in [0.25, 0.3) is 5.56 Å². The highest BCUT2D eigenvalue weighted by Gasteiger charge is 2.16. The van der Waals surface area contributed by atoms with Crippen LogP contribution in [0.4, 0.5) is 0 Å². The van der Waals surface area contributed by atoms with E-state index in [1.807, 2.05) is 20.8 Å². The lowest BCUT2D eigenvalue weighted by atomic mass is 10.00. The Bertz CT molecular complexity index is 769. The monoisotopic (exact) mass is 377 g/mol. The maximum absolute atomic E-state index is 12.0. The number of H-pyrrole nitrogens is 1. The first-order valence-corrected chi connectivity index (χ1v) is 7.39. The number of halogens is 2. The topological polar surface area (TPSA) is 106 Å². The molecular weight excluding hydrogens is 353 g/mol. The molecule has 0 saturated carbocycles. The summed E-state index contributed by atoms with van der Waals surface area (Å²) in [6.07, 6.45) is 0.905. The number of amides is 1. The smallest absolute Gasteiger partial charge is 0.273 e. The van der Waals surface area contributed by atoms with Crippen LogP contribution in [0.2, 0.25) is 0 Å². The molecule has 136 valence electrons. The number of carbonyl (C=O) groups excluding carboxylic acids is 1. The van der Waals surface area contributed by atoms with E-state index in [0.717, 1.165) is 16.8 Å². The fourth-order valence-corrected chi connectivity index (χ4v) is 2.66. The molecule has 2 heterocycles. The molecule has 1 atom stereocenters. The summed E-state index contributed by atoms with van der Waals surface area (Å²) >= 11 is 0. The number of nitrogens with two attached hydrogens (primary N) is 1. The lowest BCUT2D eigenvalue weighted by Crippen LogP contribution is -2.37. The van der Waals surface area contributed by atoms with Gasteiger partial charge >= 0.3 is 0 Å². The Morgan fingerprint density at radius 2 is 2.00 bits per heavy atom. The highest BCUT2D eigenvalue weighted by Crippen LogP contribution is 2.20. The highest BCUT2D eigenvalue weighted by molar-refractivity contribution is 5.85. The third kappa shape index (κ3) is 4.49. The first kappa shape index (κ1) is 22.4. The molecule has 9 heteroatoms. The van der Waals surface area contributed by atoms with Crippen molar-refractivity contribution in [3.8, 4) is 0 Å². The van der Waals surface area contributed by atoms with Gasteiger partial charge in [0.1, 0.15) is 0 Å². The third-order valence-electron chi connectivity index (χ3n) is 3.94. The summed E-state index contributed by atoms with van der Waals surface area (Å²) in [5.41, 5.74) is 8.68. The van der Waals surface area contributed by atoms with Crippen LogP contribution in [-0.4, -0.2) is 33.3 Å². The SMILES string of the molecule is Cc1nc2c(c(C)c1CCC(=O)N[C@@H](C)CN)c(=O)[nH]n2C.Cl.Cl. The summed E-state index contributed by atoms with van der Waals surface area (Å²) in [5.74, 6) is -0.0428. The number of aromatic amines is 1. The molecule has 0 spiro atoms. The van der Waals surface area contributed by atoms with Gasteiger partial charge in [0.2, 0.25) is 5.91 Å². The molecule has 2 aromatic rings. The number of aromatic nitrogens is 3. The Hall–Kier alpha value is -1.57. The molecule has 0 bridgehead atoms. The lowest BCUT2D eigenvalue weighted by Gasteiger charge is -2.13. The highest BCUT2D eigenvalue weighted by atomic mass is 35.5. The zero-order valence-electron chi connectivity index (χ0n) is 14.3. The van der Waals surface area contributed by atoms with Gasteiger partial charge in [-0.1, -0.05) is 0 Å². The van der Waals surface area contributed by atoms with E-state index < -0.39 is 0 Å². The second kappa shape index (κ2) is 9.05. The predicted molar refractivity (Wildman–Crippen MR) is 100 cm³/mol. The molecule has 0 aromatic carbocycles. The Morgan fingerprint density at radius 1 is 1.38 bits per heavy atom. The number of hydrogen-bond acceptors (Lipinski definition) is 4. The van der Waals surface area contributed by atoms with E-state index in [9.17, 15) is 9.59 Å². The number of aryl methyl sites for hydroxylation is 3. The maximum Gasteiger partial charge on any atom is 0.273 e. The predicted octanol–water partition coefficient (Wildman–Crippen LogP) is 1.12. The third-order valence-corrected chi connectivity index (χ3v) is 3.94. The minimum Gasteiger partial charge on any atom is -0.352 e. The van der Waals surface area contributed by atoms with Crippen LogP contribution in [0.1, 0.15) is 30.2 Å². The van der Waals surface area contributed by atoms with Gasteiger partial charge in [0.15, 0.2) is 5.65 Å². The molecule has 2 rings (SSSR count). The van der Waals surface area contributed by atoms with Crippen molar-refractivity contribution in [3.63, 3.8) is 0 Å². The maximum atomic E-state index is 12.0. The standard InChI is InChI=1S/C15H23N5O2.2ClH/c1-8(7-16)17-12(21)6-5-11-9(2)13-14(18-10(11)3)20(4)19-15(13)22;;/h8H,5-7,16H2,1-4H3,(H,17,21)(H,19,22);2*1H/t8-;;/m0../s1. The van der Waals surface area contributed by atoms with Gasteiger partial charge in [-0.05, 0) is 38.3 Å². The van der Waals surface area contributed by atoms with Crippen molar-refractivity contribution in [2.75, 3.05) is 6.54 Å². The van der Waals surface area contributed by atoms with Crippen molar-refractivity contribution in [1.82, 2.24) is 20.1 Å². The molecule has 0 radical (unpaired) electrons. The van der Waals surface area contributed by atoms with Gasteiger partial charge in [-0.2, -0.15) is 0 Å². The summed E-state index contributed by atoms with van der Waals surface area (Å²) in [5, 5.41) is 6.15. The van der Waals surface area contributed by atoms with Gasteiger partial charge in [-0.3, -0.25) is 19.4 Å². The quantitative estimate of drug-likeness (QED) is 0.725. The van der Waals surface area contributed by atoms with Crippen LogP contribution in [0.5, 0.6) is 0 Å². The van der Waals surface area contributed by atoms with Crippen LogP contribution in [0.3, 0.4) is 0 Å². The van der Waals surface area contributed by atoms with Gasteiger partial charge in [0.05, 0.1) is 5.39 Å². The van der Waals surface area contributed by atoms with Crippen LogP contribution in [-0.2, 0) is 18.3 Å². The van der Waals surface area contributed by atoms with Gasteiger partial charge in [-0.25, -0.2) is 4.98 Å². The molecule has 0 saturated heterocycles. The van der Waals surface area contributed by atoms with E-state index in [4.69, 9.17) is 5.73 Å². The van der Waals surface area contributed by atoms with Crippen LogP contribution in [0.25, 0.3) is 11.0 Å². The number of rotatable bonds is 5. The van der Waals surface area contributed by atoms with Crippen molar-refractivity contribution >= 4 is 41.8 Å². The van der Waals surface area contributed by atoms with E-state index in [1.54, 1.807) is 11.7 Å². The summed E-state index contributed by atoms with van der Waals surface area (Å²) < 4.78 is 1.62. The van der Waals surface area contributed by atoms with Crippen molar-refractivity contribution in [1.29, 1.82) is 0 Å². The number of nitrogens with zero attached hydrogens (tertiary/aromatic N) is 2. The van der Waals surface area contributed by atoms with Crippen molar-refractivity contribution in [3.05, 3.63) is 27.2 Å². The zero-order chi connectivity index (χ0) is 16.4. The van der Waals surface area contributed by atoms with Gasteiger partial charge in [0, 0.05) is 31.7 Å². The molecule has 0 aliphatic carbocycles. The minimum absolute atomic E-state index is 0. The Morgan fingerprint density at radius 3 is 2.58 bits per heavy atom. The molecule has 7 nitrogen and oxygen atoms in total.